The molecule has 1 unspecified atom stereocenters. The normalized spacial score (nSPS) is 16.7. The summed E-state index contributed by atoms with van der Waals surface area (Å²) in [5.74, 6) is -0.896. The van der Waals surface area contributed by atoms with Crippen LogP contribution >= 0.6 is 0 Å². The maximum Gasteiger partial charge on any atom is 0.313 e. The third-order valence-corrected chi connectivity index (χ3v) is 7.79. The molecule has 2 aromatic rings. The number of piperidine rings is 1. The Bertz CT molecular complexity index is 1050. The number of aryl methyl sites for hydroxylation is 1. The highest BCUT2D eigenvalue weighted by atomic mass is 32.2. The van der Waals surface area contributed by atoms with Crippen LogP contribution in [0.15, 0.2) is 53.4 Å². The molecule has 2 aromatic carbocycles. The zero-order valence-corrected chi connectivity index (χ0v) is 19.9. The molecule has 0 radical (unpaired) electrons. The number of carbonyl (C=O) groups is 2. The molecule has 0 bridgehead atoms. The summed E-state index contributed by atoms with van der Waals surface area (Å²) in [6, 6.07) is 13.4. The van der Waals surface area contributed by atoms with E-state index in [0.717, 1.165) is 24.8 Å². The fourth-order valence-electron chi connectivity index (χ4n) is 3.91. The zero-order chi connectivity index (χ0) is 23.8. The number of sulfonamides is 1. The second-order valence-corrected chi connectivity index (χ2v) is 9.88. The minimum atomic E-state index is -3.66. The molecule has 0 aliphatic carbocycles. The van der Waals surface area contributed by atoms with Crippen molar-refractivity contribution in [1.82, 2.24) is 9.62 Å². The van der Waals surface area contributed by atoms with E-state index in [0.29, 0.717) is 30.8 Å². The second-order valence-electron chi connectivity index (χ2n) is 7.99. The van der Waals surface area contributed by atoms with Crippen LogP contribution in [-0.4, -0.2) is 50.8 Å². The molecule has 2 amide bonds. The van der Waals surface area contributed by atoms with Gasteiger partial charge in [0.15, 0.2) is 0 Å². The quantitative estimate of drug-likeness (QED) is 0.574. The van der Waals surface area contributed by atoms with Gasteiger partial charge in [-0.05, 0) is 67.6 Å². The lowest BCUT2D eigenvalue weighted by Crippen LogP contribution is -2.45. The highest BCUT2D eigenvalue weighted by Gasteiger charge is 2.33. The largest absolute Gasteiger partial charge is 0.497 e. The Morgan fingerprint density at radius 2 is 1.73 bits per heavy atom. The van der Waals surface area contributed by atoms with Crippen molar-refractivity contribution in [2.75, 3.05) is 25.5 Å². The summed E-state index contributed by atoms with van der Waals surface area (Å²) in [6.45, 7) is 2.68. The van der Waals surface area contributed by atoms with Gasteiger partial charge < -0.3 is 15.4 Å². The summed E-state index contributed by atoms with van der Waals surface area (Å²) >= 11 is 0. The van der Waals surface area contributed by atoms with Gasteiger partial charge in [-0.15, -0.1) is 0 Å². The summed E-state index contributed by atoms with van der Waals surface area (Å²) in [5, 5.41) is 5.19. The molecule has 9 heteroatoms. The van der Waals surface area contributed by atoms with E-state index in [2.05, 4.69) is 10.6 Å². The van der Waals surface area contributed by atoms with Crippen molar-refractivity contribution in [3.63, 3.8) is 0 Å². The smallest absolute Gasteiger partial charge is 0.313 e. The highest BCUT2D eigenvalue weighted by Crippen LogP contribution is 2.27. The van der Waals surface area contributed by atoms with Crippen LogP contribution < -0.4 is 15.4 Å². The lowest BCUT2D eigenvalue weighted by Gasteiger charge is -2.34. The number of anilines is 1. The molecule has 0 saturated carbocycles. The van der Waals surface area contributed by atoms with E-state index in [-0.39, 0.29) is 17.5 Å². The van der Waals surface area contributed by atoms with E-state index in [4.69, 9.17) is 4.74 Å². The number of carbonyl (C=O) groups excluding carboxylic acids is 2. The van der Waals surface area contributed by atoms with Crippen LogP contribution in [0.2, 0.25) is 0 Å². The van der Waals surface area contributed by atoms with Crippen LogP contribution in [0.3, 0.4) is 0 Å². The highest BCUT2D eigenvalue weighted by molar-refractivity contribution is 7.89. The van der Waals surface area contributed by atoms with Crippen molar-refractivity contribution in [1.29, 1.82) is 0 Å². The monoisotopic (exact) mass is 473 g/mol. The van der Waals surface area contributed by atoms with Crippen LogP contribution in [0.25, 0.3) is 0 Å². The van der Waals surface area contributed by atoms with Crippen molar-refractivity contribution in [3.8, 4) is 5.75 Å². The van der Waals surface area contributed by atoms with Crippen molar-refractivity contribution in [3.05, 3.63) is 54.1 Å². The number of hydrogen-bond donors (Lipinski definition) is 2. The van der Waals surface area contributed by atoms with E-state index < -0.39 is 21.8 Å². The van der Waals surface area contributed by atoms with Crippen molar-refractivity contribution < 1.29 is 22.7 Å². The standard InChI is InChI=1S/C24H31N3O5S/c1-3-18-7-9-19(10-8-18)26-24(29)23(28)25-16-15-20-6-4-5-17-27(20)33(30,31)22-13-11-21(32-2)12-14-22/h7-14,20H,3-6,15-17H2,1-2H3,(H,25,28)(H,26,29). The number of benzene rings is 2. The SMILES string of the molecule is CCc1ccc(NC(=O)C(=O)NCCC2CCCCN2S(=O)(=O)c2ccc(OC)cc2)cc1. The van der Waals surface area contributed by atoms with Crippen LogP contribution in [0.5, 0.6) is 5.75 Å². The third-order valence-electron chi connectivity index (χ3n) is 5.83. The Morgan fingerprint density at radius 3 is 2.36 bits per heavy atom. The van der Waals surface area contributed by atoms with Gasteiger partial charge in [0.05, 0.1) is 12.0 Å². The molecule has 33 heavy (non-hydrogen) atoms. The maximum atomic E-state index is 13.2. The van der Waals surface area contributed by atoms with Gasteiger partial charge in [-0.3, -0.25) is 9.59 Å². The third kappa shape index (κ3) is 6.33. The minimum Gasteiger partial charge on any atom is -0.497 e. The molecule has 2 N–H and O–H groups in total. The summed E-state index contributed by atoms with van der Waals surface area (Å²) in [5.41, 5.74) is 1.69. The van der Waals surface area contributed by atoms with Gasteiger partial charge >= 0.3 is 11.8 Å². The predicted molar refractivity (Wildman–Crippen MR) is 127 cm³/mol. The fourth-order valence-corrected chi connectivity index (χ4v) is 5.63. The van der Waals surface area contributed by atoms with E-state index >= 15 is 0 Å². The first-order valence-corrected chi connectivity index (χ1v) is 12.6. The second kappa shape index (κ2) is 11.3. The Morgan fingerprint density at radius 1 is 1.03 bits per heavy atom. The summed E-state index contributed by atoms with van der Waals surface area (Å²) in [6.07, 6.45) is 3.74. The summed E-state index contributed by atoms with van der Waals surface area (Å²) in [7, 11) is -2.14. The number of methoxy groups -OCH3 is 1. The number of rotatable bonds is 8. The molecule has 0 spiro atoms. The van der Waals surface area contributed by atoms with Gasteiger partial charge in [-0.2, -0.15) is 4.31 Å². The maximum absolute atomic E-state index is 13.2. The topological polar surface area (TPSA) is 105 Å². The zero-order valence-electron chi connectivity index (χ0n) is 19.0. The lowest BCUT2D eigenvalue weighted by molar-refractivity contribution is -0.136. The van der Waals surface area contributed by atoms with Gasteiger partial charge in [0.2, 0.25) is 10.0 Å². The Hall–Kier alpha value is -2.91. The van der Waals surface area contributed by atoms with Gasteiger partial charge in [-0.25, -0.2) is 8.42 Å². The molecular formula is C24H31N3O5S. The van der Waals surface area contributed by atoms with E-state index in [1.807, 2.05) is 19.1 Å². The van der Waals surface area contributed by atoms with Crippen LogP contribution in [-0.2, 0) is 26.0 Å². The van der Waals surface area contributed by atoms with Gasteiger partial charge in [-0.1, -0.05) is 25.5 Å². The molecule has 1 aliphatic rings. The molecule has 3 rings (SSSR count). The number of nitrogens with zero attached hydrogens (tertiary/aromatic N) is 1. The van der Waals surface area contributed by atoms with Crippen LogP contribution in [0.1, 0.15) is 38.2 Å². The molecule has 1 fully saturated rings. The van der Waals surface area contributed by atoms with E-state index in [9.17, 15) is 18.0 Å². The average Bonchev–Trinajstić information content (AvgIpc) is 2.84. The fraction of sp³-hybridized carbons (Fsp3) is 0.417. The number of nitrogens with one attached hydrogen (secondary N) is 2. The molecule has 0 aromatic heterocycles. The Labute approximate surface area is 195 Å². The summed E-state index contributed by atoms with van der Waals surface area (Å²) in [4.78, 5) is 24.6. The Balaban J connectivity index is 1.56. The molecule has 1 heterocycles. The van der Waals surface area contributed by atoms with Crippen molar-refractivity contribution in [2.45, 2.75) is 50.0 Å². The summed E-state index contributed by atoms with van der Waals surface area (Å²) < 4.78 is 33.0. The first-order chi connectivity index (χ1) is 15.8. The molecule has 1 aliphatic heterocycles. The van der Waals surface area contributed by atoms with Gasteiger partial charge in [0, 0.05) is 24.8 Å². The minimum absolute atomic E-state index is 0.209. The molecular weight excluding hydrogens is 442 g/mol. The number of amides is 2. The van der Waals surface area contributed by atoms with E-state index in [1.54, 1.807) is 36.4 Å². The number of ether oxygens (including phenoxy) is 1. The first-order valence-electron chi connectivity index (χ1n) is 11.2. The van der Waals surface area contributed by atoms with E-state index in [1.165, 1.54) is 11.4 Å². The van der Waals surface area contributed by atoms with Gasteiger partial charge in [0.25, 0.3) is 0 Å². The lowest BCUT2D eigenvalue weighted by atomic mass is 10.0. The molecule has 178 valence electrons. The van der Waals surface area contributed by atoms with Crippen LogP contribution in [0.4, 0.5) is 5.69 Å². The number of hydrogen-bond acceptors (Lipinski definition) is 5. The van der Waals surface area contributed by atoms with Crippen molar-refractivity contribution >= 4 is 27.5 Å². The first kappa shape index (κ1) is 24.7. The average molecular weight is 474 g/mol. The molecule has 8 nitrogen and oxygen atoms in total. The van der Waals surface area contributed by atoms with Gasteiger partial charge in [0.1, 0.15) is 5.75 Å². The molecule has 1 atom stereocenters. The van der Waals surface area contributed by atoms with Crippen molar-refractivity contribution in [2.24, 2.45) is 0 Å². The van der Waals surface area contributed by atoms with Crippen LogP contribution in [0, 0.1) is 0 Å². The molecule has 1 saturated heterocycles. The predicted octanol–water partition coefficient (Wildman–Crippen LogP) is 2.95. The Kier molecular flexibility index (Phi) is 8.46.